The van der Waals surface area contributed by atoms with Crippen molar-refractivity contribution in [3.8, 4) is 5.82 Å². The maximum absolute atomic E-state index is 4.50. The van der Waals surface area contributed by atoms with Gasteiger partial charge in [0.15, 0.2) is 5.82 Å². The Balaban J connectivity index is 2.44. The van der Waals surface area contributed by atoms with Gasteiger partial charge in [0, 0.05) is 25.0 Å². The minimum atomic E-state index is 0.851. The Morgan fingerprint density at radius 2 is 2.07 bits per heavy atom. The third kappa shape index (κ3) is 1.88. The van der Waals surface area contributed by atoms with Crippen molar-refractivity contribution in [2.45, 2.75) is 26.7 Å². The first-order chi connectivity index (χ1) is 7.35. The molecule has 0 aliphatic heterocycles. The molecule has 0 aliphatic rings. The molecule has 15 heavy (non-hydrogen) atoms. The average Bonchev–Trinajstić information content (AvgIpc) is 2.77. The Morgan fingerprint density at radius 1 is 1.20 bits per heavy atom. The van der Waals surface area contributed by atoms with Crippen molar-refractivity contribution in [3.63, 3.8) is 0 Å². The molecule has 0 N–H and O–H groups in total. The molecule has 0 atom stereocenters. The molecule has 0 bridgehead atoms. The fourth-order valence-electron chi connectivity index (χ4n) is 1.49. The standard InChI is InChI=1S/C11H14N4/c1-3-9-7-12-8-11(14-9)15-6-5-13-10(15)4-2/h5-8H,3-4H2,1-2H3. The van der Waals surface area contributed by atoms with E-state index in [1.54, 1.807) is 18.6 Å². The Bertz CT molecular complexity index is 447. The molecule has 78 valence electrons. The third-order valence-corrected chi connectivity index (χ3v) is 2.31. The molecule has 2 aromatic heterocycles. The summed E-state index contributed by atoms with van der Waals surface area (Å²) in [6, 6.07) is 0. The first kappa shape index (κ1) is 9.83. The SMILES string of the molecule is CCc1cncc(-n2ccnc2CC)n1. The normalized spacial score (nSPS) is 10.5. The summed E-state index contributed by atoms with van der Waals surface area (Å²) < 4.78 is 1.98. The summed E-state index contributed by atoms with van der Waals surface area (Å²) in [6.07, 6.45) is 9.06. The van der Waals surface area contributed by atoms with Gasteiger partial charge in [-0.2, -0.15) is 0 Å². The zero-order chi connectivity index (χ0) is 10.7. The molecule has 0 aromatic carbocycles. The van der Waals surface area contributed by atoms with Gasteiger partial charge in [0.1, 0.15) is 5.82 Å². The van der Waals surface area contributed by atoms with Gasteiger partial charge in [-0.05, 0) is 6.42 Å². The second kappa shape index (κ2) is 4.21. The van der Waals surface area contributed by atoms with Crippen LogP contribution in [0.25, 0.3) is 5.82 Å². The predicted molar refractivity (Wildman–Crippen MR) is 57.9 cm³/mol. The highest BCUT2D eigenvalue weighted by molar-refractivity contribution is 5.22. The summed E-state index contributed by atoms with van der Waals surface area (Å²) in [5.41, 5.74) is 1.00. The number of hydrogen-bond acceptors (Lipinski definition) is 3. The van der Waals surface area contributed by atoms with Crippen molar-refractivity contribution in [1.29, 1.82) is 0 Å². The lowest BCUT2D eigenvalue weighted by molar-refractivity contribution is 0.843. The second-order valence-corrected chi connectivity index (χ2v) is 3.29. The second-order valence-electron chi connectivity index (χ2n) is 3.29. The Kier molecular flexibility index (Phi) is 2.76. The van der Waals surface area contributed by atoms with E-state index >= 15 is 0 Å². The van der Waals surface area contributed by atoms with E-state index in [0.29, 0.717) is 0 Å². The van der Waals surface area contributed by atoms with E-state index < -0.39 is 0 Å². The third-order valence-electron chi connectivity index (χ3n) is 2.31. The molecular formula is C11H14N4. The molecule has 4 heteroatoms. The Labute approximate surface area is 89.0 Å². The van der Waals surface area contributed by atoms with Crippen LogP contribution in [0.3, 0.4) is 0 Å². The Morgan fingerprint density at radius 3 is 2.80 bits per heavy atom. The largest absolute Gasteiger partial charge is 0.287 e. The van der Waals surface area contributed by atoms with Crippen LogP contribution < -0.4 is 0 Å². The van der Waals surface area contributed by atoms with Crippen molar-refractivity contribution in [1.82, 2.24) is 19.5 Å². The lowest BCUT2D eigenvalue weighted by Gasteiger charge is -2.05. The van der Waals surface area contributed by atoms with Gasteiger partial charge in [0.25, 0.3) is 0 Å². The quantitative estimate of drug-likeness (QED) is 0.762. The van der Waals surface area contributed by atoms with Crippen LogP contribution >= 0.6 is 0 Å². The lowest BCUT2D eigenvalue weighted by Crippen LogP contribution is -2.03. The summed E-state index contributed by atoms with van der Waals surface area (Å²) >= 11 is 0. The van der Waals surface area contributed by atoms with E-state index in [0.717, 1.165) is 30.2 Å². The molecule has 2 heterocycles. The van der Waals surface area contributed by atoms with Crippen LogP contribution in [0.5, 0.6) is 0 Å². The van der Waals surface area contributed by atoms with Gasteiger partial charge in [-0.3, -0.25) is 9.55 Å². The molecular weight excluding hydrogens is 188 g/mol. The fraction of sp³-hybridized carbons (Fsp3) is 0.364. The summed E-state index contributed by atoms with van der Waals surface area (Å²) in [7, 11) is 0. The van der Waals surface area contributed by atoms with E-state index in [2.05, 4.69) is 28.8 Å². The molecule has 0 saturated carbocycles. The molecule has 0 amide bonds. The van der Waals surface area contributed by atoms with E-state index in [-0.39, 0.29) is 0 Å². The first-order valence-electron chi connectivity index (χ1n) is 5.18. The highest BCUT2D eigenvalue weighted by atomic mass is 15.1. The van der Waals surface area contributed by atoms with Gasteiger partial charge in [0.2, 0.25) is 0 Å². The van der Waals surface area contributed by atoms with Gasteiger partial charge >= 0.3 is 0 Å². The van der Waals surface area contributed by atoms with Crippen LogP contribution in [0.2, 0.25) is 0 Å². The highest BCUT2D eigenvalue weighted by Gasteiger charge is 2.04. The molecule has 0 saturated heterocycles. The number of imidazole rings is 1. The zero-order valence-corrected chi connectivity index (χ0v) is 9.01. The molecule has 2 rings (SSSR count). The molecule has 0 fully saturated rings. The van der Waals surface area contributed by atoms with E-state index in [1.165, 1.54) is 0 Å². The van der Waals surface area contributed by atoms with Gasteiger partial charge in [-0.15, -0.1) is 0 Å². The van der Waals surface area contributed by atoms with Gasteiger partial charge < -0.3 is 0 Å². The molecule has 4 nitrogen and oxygen atoms in total. The van der Waals surface area contributed by atoms with Crippen LogP contribution in [-0.2, 0) is 12.8 Å². The molecule has 0 spiro atoms. The lowest BCUT2D eigenvalue weighted by atomic mass is 10.3. The van der Waals surface area contributed by atoms with Gasteiger partial charge in [-0.25, -0.2) is 9.97 Å². The van der Waals surface area contributed by atoms with Crippen LogP contribution in [-0.4, -0.2) is 19.5 Å². The summed E-state index contributed by atoms with van der Waals surface area (Å²) in [6.45, 7) is 4.15. The first-order valence-corrected chi connectivity index (χ1v) is 5.18. The zero-order valence-electron chi connectivity index (χ0n) is 9.01. The molecule has 0 aliphatic carbocycles. The topological polar surface area (TPSA) is 43.6 Å². The molecule has 0 unspecified atom stereocenters. The number of hydrogen-bond donors (Lipinski definition) is 0. The van der Waals surface area contributed by atoms with E-state index in [1.807, 2.05) is 10.8 Å². The van der Waals surface area contributed by atoms with Crippen molar-refractivity contribution >= 4 is 0 Å². The fourth-order valence-corrected chi connectivity index (χ4v) is 1.49. The highest BCUT2D eigenvalue weighted by Crippen LogP contribution is 2.08. The monoisotopic (exact) mass is 202 g/mol. The summed E-state index contributed by atoms with van der Waals surface area (Å²) in [5, 5.41) is 0. The van der Waals surface area contributed by atoms with Crippen molar-refractivity contribution in [2.24, 2.45) is 0 Å². The number of nitrogens with zero attached hydrogens (tertiary/aromatic N) is 4. The smallest absolute Gasteiger partial charge is 0.156 e. The van der Waals surface area contributed by atoms with Crippen LogP contribution in [0.4, 0.5) is 0 Å². The van der Waals surface area contributed by atoms with Gasteiger partial charge in [-0.1, -0.05) is 13.8 Å². The van der Waals surface area contributed by atoms with Crippen molar-refractivity contribution in [2.75, 3.05) is 0 Å². The number of rotatable bonds is 3. The van der Waals surface area contributed by atoms with Crippen LogP contribution in [0, 0.1) is 0 Å². The van der Waals surface area contributed by atoms with E-state index in [4.69, 9.17) is 0 Å². The molecule has 0 radical (unpaired) electrons. The minimum Gasteiger partial charge on any atom is -0.287 e. The van der Waals surface area contributed by atoms with Crippen LogP contribution in [0.1, 0.15) is 25.4 Å². The number of aromatic nitrogens is 4. The van der Waals surface area contributed by atoms with Crippen molar-refractivity contribution in [3.05, 3.63) is 36.3 Å². The summed E-state index contributed by atoms with van der Waals surface area (Å²) in [4.78, 5) is 12.9. The van der Waals surface area contributed by atoms with Crippen LogP contribution in [0.15, 0.2) is 24.8 Å². The minimum absolute atomic E-state index is 0.851. The average molecular weight is 202 g/mol. The number of aryl methyl sites for hydroxylation is 2. The maximum Gasteiger partial charge on any atom is 0.156 e. The summed E-state index contributed by atoms with van der Waals surface area (Å²) in [5.74, 6) is 1.86. The molecule has 2 aromatic rings. The van der Waals surface area contributed by atoms with Crippen molar-refractivity contribution < 1.29 is 0 Å². The Hall–Kier alpha value is -1.71. The maximum atomic E-state index is 4.50. The van der Waals surface area contributed by atoms with Gasteiger partial charge in [0.05, 0.1) is 11.9 Å². The van der Waals surface area contributed by atoms with E-state index in [9.17, 15) is 0 Å². The predicted octanol–water partition coefficient (Wildman–Crippen LogP) is 1.79.